The Kier molecular flexibility index (Phi) is 8.08. The van der Waals surface area contributed by atoms with Crippen LogP contribution in [0.2, 0.25) is 0 Å². The van der Waals surface area contributed by atoms with Gasteiger partial charge in [0.2, 0.25) is 11.8 Å². The van der Waals surface area contributed by atoms with Crippen LogP contribution in [0.15, 0.2) is 46.9 Å². The normalized spacial score (nSPS) is 14.1. The van der Waals surface area contributed by atoms with E-state index in [-0.39, 0.29) is 18.4 Å². The molecule has 2 amide bonds. The highest BCUT2D eigenvalue weighted by Gasteiger charge is 2.23. The van der Waals surface area contributed by atoms with E-state index in [0.29, 0.717) is 19.6 Å². The first-order valence-electron chi connectivity index (χ1n) is 11.0. The van der Waals surface area contributed by atoms with Gasteiger partial charge in [-0.05, 0) is 31.0 Å². The monoisotopic (exact) mass is 412 g/mol. The molecule has 1 aromatic heterocycles. The maximum atomic E-state index is 13.2. The Morgan fingerprint density at radius 3 is 2.37 bits per heavy atom. The minimum Gasteiger partial charge on any atom is -0.464 e. The quantitative estimate of drug-likeness (QED) is 0.646. The Morgan fingerprint density at radius 1 is 1.00 bits per heavy atom. The second kappa shape index (κ2) is 11.0. The summed E-state index contributed by atoms with van der Waals surface area (Å²) >= 11 is 0. The minimum atomic E-state index is -0.0428. The lowest BCUT2D eigenvalue weighted by atomic mass is 10.1. The number of quaternary nitrogens is 1. The molecule has 0 atom stereocenters. The third-order valence-corrected chi connectivity index (χ3v) is 5.83. The van der Waals surface area contributed by atoms with Crippen LogP contribution in [0.4, 0.5) is 0 Å². The number of hydrogen-bond acceptors (Lipinski definition) is 3. The average molecular weight is 413 g/mol. The number of hydrogen-bond donors (Lipinski definition) is 1. The standard InChI is InChI=1S/C24H33N3O3/c1-20-10-11-23(30-20)18-27(15-12-22-8-4-3-5-9-22)24(29)19-26(21(2)28)17-16-25-13-6-7-14-25/h3-5,8-11H,6-7,12-19H2,1-2H3/p+1. The number of nitrogens with zero attached hydrogens (tertiary/aromatic N) is 2. The zero-order valence-corrected chi connectivity index (χ0v) is 18.2. The van der Waals surface area contributed by atoms with Crippen LogP contribution >= 0.6 is 0 Å². The number of likely N-dealkylation sites (tertiary alicyclic amines) is 1. The Hall–Kier alpha value is -2.60. The molecule has 3 rings (SSSR count). The van der Waals surface area contributed by atoms with E-state index in [1.165, 1.54) is 36.4 Å². The summed E-state index contributed by atoms with van der Waals surface area (Å²) in [5.74, 6) is 1.52. The van der Waals surface area contributed by atoms with Gasteiger partial charge in [-0.25, -0.2) is 0 Å². The summed E-state index contributed by atoms with van der Waals surface area (Å²) in [6, 6.07) is 14.0. The average Bonchev–Trinajstić information content (AvgIpc) is 3.40. The van der Waals surface area contributed by atoms with Crippen LogP contribution in [0.1, 0.15) is 36.8 Å². The van der Waals surface area contributed by atoms with E-state index in [2.05, 4.69) is 12.1 Å². The summed E-state index contributed by atoms with van der Waals surface area (Å²) in [6.45, 7) is 8.46. The van der Waals surface area contributed by atoms with Crippen molar-refractivity contribution in [3.63, 3.8) is 0 Å². The van der Waals surface area contributed by atoms with Crippen molar-refractivity contribution in [1.29, 1.82) is 0 Å². The lowest BCUT2D eigenvalue weighted by molar-refractivity contribution is -0.886. The predicted octanol–water partition coefficient (Wildman–Crippen LogP) is 1.69. The van der Waals surface area contributed by atoms with Crippen LogP contribution in [0.25, 0.3) is 0 Å². The molecule has 1 aliphatic rings. The summed E-state index contributed by atoms with van der Waals surface area (Å²) in [5, 5.41) is 0. The van der Waals surface area contributed by atoms with Crippen molar-refractivity contribution >= 4 is 11.8 Å². The molecule has 0 aliphatic carbocycles. The molecule has 0 spiro atoms. The summed E-state index contributed by atoms with van der Waals surface area (Å²) in [5.41, 5.74) is 1.19. The van der Waals surface area contributed by atoms with E-state index in [4.69, 9.17) is 4.42 Å². The van der Waals surface area contributed by atoms with Crippen molar-refractivity contribution in [1.82, 2.24) is 9.80 Å². The van der Waals surface area contributed by atoms with Gasteiger partial charge in [-0.1, -0.05) is 30.3 Å². The Bertz CT molecular complexity index is 812. The van der Waals surface area contributed by atoms with Gasteiger partial charge >= 0.3 is 0 Å². The highest BCUT2D eigenvalue weighted by molar-refractivity contribution is 5.83. The molecular formula is C24H34N3O3+. The number of furan rings is 1. The molecule has 30 heavy (non-hydrogen) atoms. The Balaban J connectivity index is 1.62. The fraction of sp³-hybridized carbons (Fsp3) is 0.500. The van der Waals surface area contributed by atoms with Crippen LogP contribution in [0.3, 0.4) is 0 Å². The van der Waals surface area contributed by atoms with Gasteiger partial charge in [0.1, 0.15) is 11.5 Å². The molecule has 1 N–H and O–H groups in total. The summed E-state index contributed by atoms with van der Waals surface area (Å²) in [7, 11) is 0. The third kappa shape index (κ3) is 6.73. The minimum absolute atomic E-state index is 0.0355. The van der Waals surface area contributed by atoms with E-state index < -0.39 is 0 Å². The fourth-order valence-corrected chi connectivity index (χ4v) is 3.99. The first-order chi connectivity index (χ1) is 14.5. The van der Waals surface area contributed by atoms with E-state index >= 15 is 0 Å². The maximum Gasteiger partial charge on any atom is 0.242 e. The summed E-state index contributed by atoms with van der Waals surface area (Å²) in [4.78, 5) is 30.4. The molecule has 1 saturated heterocycles. The second-order valence-corrected chi connectivity index (χ2v) is 8.21. The van der Waals surface area contributed by atoms with Crippen LogP contribution < -0.4 is 4.90 Å². The molecule has 1 aromatic carbocycles. The van der Waals surface area contributed by atoms with Crippen molar-refractivity contribution in [2.75, 3.05) is 39.3 Å². The lowest BCUT2D eigenvalue weighted by Crippen LogP contribution is -3.10. The van der Waals surface area contributed by atoms with Gasteiger partial charge < -0.3 is 19.1 Å². The zero-order valence-electron chi connectivity index (χ0n) is 18.2. The number of carbonyl (C=O) groups excluding carboxylic acids is 2. The molecule has 162 valence electrons. The van der Waals surface area contributed by atoms with Crippen molar-refractivity contribution in [3.8, 4) is 0 Å². The van der Waals surface area contributed by atoms with Crippen LogP contribution in [0.5, 0.6) is 0 Å². The fourth-order valence-electron chi connectivity index (χ4n) is 3.99. The molecule has 2 heterocycles. The second-order valence-electron chi connectivity index (χ2n) is 8.21. The topological polar surface area (TPSA) is 58.2 Å². The van der Waals surface area contributed by atoms with Gasteiger partial charge in [0, 0.05) is 26.3 Å². The number of benzene rings is 1. The van der Waals surface area contributed by atoms with Gasteiger partial charge in [-0.3, -0.25) is 9.59 Å². The van der Waals surface area contributed by atoms with Crippen molar-refractivity contribution in [2.24, 2.45) is 0 Å². The molecule has 1 aliphatic heterocycles. The zero-order chi connectivity index (χ0) is 21.3. The number of rotatable bonds is 10. The van der Waals surface area contributed by atoms with Gasteiger partial charge in [0.25, 0.3) is 0 Å². The first kappa shape index (κ1) is 22.1. The molecule has 0 radical (unpaired) electrons. The van der Waals surface area contributed by atoms with Crippen molar-refractivity contribution in [2.45, 2.75) is 39.7 Å². The molecule has 6 heteroatoms. The van der Waals surface area contributed by atoms with E-state index in [1.54, 1.807) is 11.8 Å². The maximum absolute atomic E-state index is 13.2. The van der Waals surface area contributed by atoms with Gasteiger partial charge in [0.15, 0.2) is 0 Å². The lowest BCUT2D eigenvalue weighted by Gasteiger charge is -2.27. The molecule has 0 unspecified atom stereocenters. The predicted molar refractivity (Wildman–Crippen MR) is 116 cm³/mol. The number of amides is 2. The van der Waals surface area contributed by atoms with E-state index in [0.717, 1.165) is 24.5 Å². The highest BCUT2D eigenvalue weighted by Crippen LogP contribution is 2.12. The summed E-state index contributed by atoms with van der Waals surface area (Å²) < 4.78 is 5.71. The van der Waals surface area contributed by atoms with Gasteiger partial charge in [0.05, 0.1) is 39.3 Å². The first-order valence-corrected chi connectivity index (χ1v) is 11.0. The highest BCUT2D eigenvalue weighted by atomic mass is 16.3. The van der Waals surface area contributed by atoms with Crippen molar-refractivity contribution in [3.05, 3.63) is 59.5 Å². The molecular weight excluding hydrogens is 378 g/mol. The van der Waals surface area contributed by atoms with Gasteiger partial charge in [-0.2, -0.15) is 0 Å². The van der Waals surface area contributed by atoms with E-state index in [1.807, 2.05) is 42.2 Å². The summed E-state index contributed by atoms with van der Waals surface area (Å²) in [6.07, 6.45) is 3.28. The molecule has 2 aromatic rings. The van der Waals surface area contributed by atoms with Gasteiger partial charge in [-0.15, -0.1) is 0 Å². The smallest absolute Gasteiger partial charge is 0.242 e. The van der Waals surface area contributed by atoms with E-state index in [9.17, 15) is 9.59 Å². The third-order valence-electron chi connectivity index (χ3n) is 5.83. The molecule has 6 nitrogen and oxygen atoms in total. The van der Waals surface area contributed by atoms with Crippen molar-refractivity contribution < 1.29 is 18.9 Å². The molecule has 0 bridgehead atoms. The number of nitrogens with one attached hydrogen (secondary N) is 1. The molecule has 0 saturated carbocycles. The molecule has 1 fully saturated rings. The Labute approximate surface area is 179 Å². The largest absolute Gasteiger partial charge is 0.464 e. The van der Waals surface area contributed by atoms with Crippen LogP contribution in [-0.4, -0.2) is 60.9 Å². The van der Waals surface area contributed by atoms with Crippen LogP contribution in [-0.2, 0) is 22.6 Å². The Morgan fingerprint density at radius 2 is 1.73 bits per heavy atom. The van der Waals surface area contributed by atoms with Crippen LogP contribution in [0, 0.1) is 6.92 Å². The SMILES string of the molecule is CC(=O)N(CC[NH+]1CCCC1)CC(=O)N(CCc1ccccc1)Cc1ccc(C)o1. The number of aryl methyl sites for hydroxylation is 1. The number of carbonyl (C=O) groups is 2.